The van der Waals surface area contributed by atoms with Crippen LogP contribution in [0.15, 0.2) is 41.3 Å². The molecule has 2 heterocycles. The Hall–Kier alpha value is -1.71. The summed E-state index contributed by atoms with van der Waals surface area (Å²) in [4.78, 5) is 13.0. The molecule has 0 radical (unpaired) electrons. The van der Waals surface area contributed by atoms with Gasteiger partial charge in [0.15, 0.2) is 0 Å². The normalized spacial score (nSPS) is 21.8. The number of amides is 1. The second kappa shape index (κ2) is 7.96. The summed E-state index contributed by atoms with van der Waals surface area (Å²) in [5.41, 5.74) is 2.89. The third kappa shape index (κ3) is 3.62. The van der Waals surface area contributed by atoms with Crippen LogP contribution in [0.2, 0.25) is 5.02 Å². The van der Waals surface area contributed by atoms with Crippen molar-refractivity contribution < 1.29 is 13.2 Å². The van der Waals surface area contributed by atoms with Crippen molar-refractivity contribution in [3.63, 3.8) is 0 Å². The van der Waals surface area contributed by atoms with Gasteiger partial charge in [-0.2, -0.15) is 4.31 Å². The molecule has 0 aliphatic carbocycles. The summed E-state index contributed by atoms with van der Waals surface area (Å²) in [7, 11) is -3.83. The molecule has 4 rings (SSSR count). The van der Waals surface area contributed by atoms with E-state index in [-0.39, 0.29) is 10.8 Å². The lowest BCUT2D eigenvalue weighted by Crippen LogP contribution is -2.56. The monoisotopic (exact) mass is 422 g/mol. The summed E-state index contributed by atoms with van der Waals surface area (Å²) in [6, 6.07) is 9.59. The van der Waals surface area contributed by atoms with Gasteiger partial charge in [0.2, 0.25) is 10.0 Å². The zero-order valence-corrected chi connectivity index (χ0v) is 17.0. The Morgan fingerprint density at radius 2 is 1.79 bits per heavy atom. The van der Waals surface area contributed by atoms with Crippen LogP contribution < -0.4 is 10.7 Å². The molecule has 1 amide bonds. The van der Waals surface area contributed by atoms with E-state index in [9.17, 15) is 13.2 Å². The number of fused-ring (bicyclic) bond motifs is 1. The number of nitrogens with one attached hydrogen (secondary N) is 2. The summed E-state index contributed by atoms with van der Waals surface area (Å²) in [5, 5.41) is 6.83. The molecule has 28 heavy (non-hydrogen) atoms. The van der Waals surface area contributed by atoms with E-state index >= 15 is 0 Å². The van der Waals surface area contributed by atoms with E-state index in [2.05, 4.69) is 10.7 Å². The van der Waals surface area contributed by atoms with Gasteiger partial charge in [0.1, 0.15) is 6.04 Å². The first-order chi connectivity index (χ1) is 13.5. The zero-order chi connectivity index (χ0) is 19.7. The summed E-state index contributed by atoms with van der Waals surface area (Å²) < 4.78 is 28.2. The average Bonchev–Trinajstić information content (AvgIpc) is 3.20. The van der Waals surface area contributed by atoms with Gasteiger partial charge in [-0.3, -0.25) is 10.2 Å². The molecule has 2 aliphatic rings. The largest absolute Gasteiger partial charge is 0.314 e. The topological polar surface area (TPSA) is 81.8 Å². The molecule has 150 valence electrons. The first kappa shape index (κ1) is 19.6. The minimum Gasteiger partial charge on any atom is -0.314 e. The standard InChI is InChI=1S/C19H23ClN4O3S/c20-16-6-1-5-15-14(16)4-2-8-18(15)28(26,27)24-11-3-7-17(24)19(25)22-23-12-9-21-10-13-23/h1-2,4-6,8,17,21H,3,7,9-13H2,(H,22,25)/t17-/m0/s1. The van der Waals surface area contributed by atoms with Crippen molar-refractivity contribution in [3.05, 3.63) is 41.4 Å². The van der Waals surface area contributed by atoms with Gasteiger partial charge in [0.25, 0.3) is 5.91 Å². The first-order valence-corrected chi connectivity index (χ1v) is 11.3. The predicted octanol–water partition coefficient (Wildman–Crippen LogP) is 1.58. The van der Waals surface area contributed by atoms with Crippen LogP contribution in [0.25, 0.3) is 10.8 Å². The number of rotatable bonds is 4. The lowest BCUT2D eigenvalue weighted by Gasteiger charge is -2.30. The molecule has 2 aliphatic heterocycles. The number of hydrazine groups is 1. The number of carbonyl (C=O) groups is 1. The van der Waals surface area contributed by atoms with Crippen LogP contribution in [0.3, 0.4) is 0 Å². The highest BCUT2D eigenvalue weighted by Crippen LogP contribution is 2.33. The number of halogens is 1. The third-order valence-corrected chi connectivity index (χ3v) is 7.60. The smallest absolute Gasteiger partial charge is 0.252 e. The quantitative estimate of drug-likeness (QED) is 0.781. The van der Waals surface area contributed by atoms with Gasteiger partial charge in [-0.05, 0) is 25.0 Å². The van der Waals surface area contributed by atoms with E-state index < -0.39 is 16.1 Å². The summed E-state index contributed by atoms with van der Waals surface area (Å²) in [6.45, 7) is 3.33. The Bertz CT molecular complexity index is 992. The van der Waals surface area contributed by atoms with Crippen LogP contribution in [0, 0.1) is 0 Å². The molecule has 2 aromatic carbocycles. The van der Waals surface area contributed by atoms with Crippen molar-refractivity contribution in [1.82, 2.24) is 20.1 Å². The fourth-order valence-electron chi connectivity index (χ4n) is 3.89. The lowest BCUT2D eigenvalue weighted by molar-refractivity contribution is -0.129. The third-order valence-electron chi connectivity index (χ3n) is 5.31. The number of carbonyl (C=O) groups excluding carboxylic acids is 1. The second-order valence-electron chi connectivity index (χ2n) is 7.08. The molecule has 0 unspecified atom stereocenters. The number of piperazine rings is 1. The highest BCUT2D eigenvalue weighted by atomic mass is 35.5. The van der Waals surface area contributed by atoms with Gasteiger partial charge in [-0.25, -0.2) is 13.4 Å². The molecule has 2 N–H and O–H groups in total. The fourth-order valence-corrected chi connectivity index (χ4v) is 5.99. The van der Waals surface area contributed by atoms with E-state index in [0.29, 0.717) is 48.3 Å². The number of nitrogens with zero attached hydrogens (tertiary/aromatic N) is 2. The Morgan fingerprint density at radius 3 is 2.57 bits per heavy atom. The van der Waals surface area contributed by atoms with Crippen LogP contribution >= 0.6 is 11.6 Å². The number of benzene rings is 2. The van der Waals surface area contributed by atoms with Crippen LogP contribution in [-0.2, 0) is 14.8 Å². The Morgan fingerprint density at radius 1 is 1.07 bits per heavy atom. The highest BCUT2D eigenvalue weighted by molar-refractivity contribution is 7.89. The SMILES string of the molecule is O=C(NN1CCNCC1)[C@@H]1CCCN1S(=O)(=O)c1cccc2c(Cl)cccc12. The van der Waals surface area contributed by atoms with Crippen LogP contribution in [-0.4, -0.2) is 62.4 Å². The molecule has 7 nitrogen and oxygen atoms in total. The number of hydrogen-bond donors (Lipinski definition) is 2. The Labute approximate surface area is 169 Å². The molecule has 2 saturated heterocycles. The van der Waals surface area contributed by atoms with E-state index in [0.717, 1.165) is 13.1 Å². The van der Waals surface area contributed by atoms with Crippen molar-refractivity contribution >= 4 is 38.3 Å². The van der Waals surface area contributed by atoms with Crippen molar-refractivity contribution in [2.24, 2.45) is 0 Å². The minimum atomic E-state index is -3.83. The molecular weight excluding hydrogens is 400 g/mol. The highest BCUT2D eigenvalue weighted by Gasteiger charge is 2.40. The Balaban J connectivity index is 1.63. The number of hydrogen-bond acceptors (Lipinski definition) is 5. The molecular formula is C19H23ClN4O3S. The molecule has 9 heteroatoms. The summed E-state index contributed by atoms with van der Waals surface area (Å²) in [5.74, 6) is -0.263. The predicted molar refractivity (Wildman–Crippen MR) is 108 cm³/mol. The van der Waals surface area contributed by atoms with E-state index in [1.54, 1.807) is 36.4 Å². The molecule has 0 aromatic heterocycles. The van der Waals surface area contributed by atoms with Gasteiger partial charge in [-0.1, -0.05) is 35.9 Å². The van der Waals surface area contributed by atoms with E-state index in [4.69, 9.17) is 11.6 Å². The lowest BCUT2D eigenvalue weighted by atomic mass is 10.1. The first-order valence-electron chi connectivity index (χ1n) is 9.44. The number of sulfonamides is 1. The van der Waals surface area contributed by atoms with Gasteiger partial charge >= 0.3 is 0 Å². The molecule has 2 fully saturated rings. The Kier molecular flexibility index (Phi) is 5.57. The second-order valence-corrected chi connectivity index (χ2v) is 9.34. The summed E-state index contributed by atoms with van der Waals surface area (Å²) in [6.07, 6.45) is 1.17. The molecule has 1 atom stereocenters. The van der Waals surface area contributed by atoms with Crippen LogP contribution in [0.5, 0.6) is 0 Å². The van der Waals surface area contributed by atoms with Crippen molar-refractivity contribution in [2.45, 2.75) is 23.8 Å². The average molecular weight is 423 g/mol. The summed E-state index contributed by atoms with van der Waals surface area (Å²) >= 11 is 6.24. The minimum absolute atomic E-state index is 0.189. The maximum Gasteiger partial charge on any atom is 0.252 e. The fraction of sp³-hybridized carbons (Fsp3) is 0.421. The molecule has 0 saturated carbocycles. The maximum absolute atomic E-state index is 13.4. The van der Waals surface area contributed by atoms with Gasteiger partial charge < -0.3 is 5.32 Å². The van der Waals surface area contributed by atoms with Gasteiger partial charge in [0.05, 0.1) is 4.90 Å². The van der Waals surface area contributed by atoms with Gasteiger partial charge in [-0.15, -0.1) is 0 Å². The van der Waals surface area contributed by atoms with Crippen molar-refractivity contribution in [3.8, 4) is 0 Å². The molecule has 0 bridgehead atoms. The maximum atomic E-state index is 13.4. The van der Waals surface area contributed by atoms with Crippen LogP contribution in [0.4, 0.5) is 0 Å². The zero-order valence-electron chi connectivity index (χ0n) is 15.4. The van der Waals surface area contributed by atoms with E-state index in [1.165, 1.54) is 4.31 Å². The van der Waals surface area contributed by atoms with E-state index in [1.807, 2.05) is 5.01 Å². The van der Waals surface area contributed by atoms with Crippen molar-refractivity contribution in [1.29, 1.82) is 0 Å². The molecule has 0 spiro atoms. The van der Waals surface area contributed by atoms with Gasteiger partial charge in [0, 0.05) is 48.5 Å². The van der Waals surface area contributed by atoms with Crippen molar-refractivity contribution in [2.75, 3.05) is 32.7 Å². The molecule has 2 aromatic rings. The van der Waals surface area contributed by atoms with Crippen LogP contribution in [0.1, 0.15) is 12.8 Å².